The van der Waals surface area contributed by atoms with Crippen molar-refractivity contribution in [3.63, 3.8) is 0 Å². The zero-order chi connectivity index (χ0) is 16.2. The minimum absolute atomic E-state index is 0.528. The predicted octanol–water partition coefficient (Wildman–Crippen LogP) is 4.36. The van der Waals surface area contributed by atoms with Crippen LogP contribution < -0.4 is 11.1 Å². The molecule has 0 saturated carbocycles. The average Bonchev–Trinajstić information content (AvgIpc) is 2.55. The molecular formula is C17H16Cl2N4. The lowest BCUT2D eigenvalue weighted by Gasteiger charge is -2.11. The van der Waals surface area contributed by atoms with Gasteiger partial charge in [-0.3, -0.25) is 0 Å². The molecule has 0 aliphatic carbocycles. The monoisotopic (exact) mass is 346 g/mol. The van der Waals surface area contributed by atoms with E-state index in [9.17, 15) is 0 Å². The fraction of sp³-hybridized carbons (Fsp3) is 0.176. The van der Waals surface area contributed by atoms with Crippen LogP contribution in [-0.2, 0) is 0 Å². The molecule has 0 spiro atoms. The number of halogens is 2. The molecule has 1 aromatic heterocycles. The van der Waals surface area contributed by atoms with Crippen LogP contribution in [0.25, 0.3) is 22.3 Å². The second-order valence-corrected chi connectivity index (χ2v) is 5.95. The van der Waals surface area contributed by atoms with Crippen LogP contribution in [0.1, 0.15) is 6.42 Å². The molecule has 23 heavy (non-hydrogen) atoms. The normalized spacial score (nSPS) is 10.9. The van der Waals surface area contributed by atoms with Gasteiger partial charge in [0, 0.05) is 22.5 Å². The highest BCUT2D eigenvalue weighted by Crippen LogP contribution is 2.31. The van der Waals surface area contributed by atoms with E-state index >= 15 is 0 Å². The Morgan fingerprint density at radius 2 is 1.87 bits per heavy atom. The van der Waals surface area contributed by atoms with Gasteiger partial charge >= 0.3 is 0 Å². The molecule has 0 atom stereocenters. The van der Waals surface area contributed by atoms with Crippen LogP contribution in [0.4, 0.5) is 5.82 Å². The summed E-state index contributed by atoms with van der Waals surface area (Å²) in [5, 5.41) is 5.41. The van der Waals surface area contributed by atoms with Gasteiger partial charge in [-0.2, -0.15) is 0 Å². The summed E-state index contributed by atoms with van der Waals surface area (Å²) in [4.78, 5) is 9.26. The topological polar surface area (TPSA) is 63.8 Å². The molecular weight excluding hydrogens is 331 g/mol. The highest BCUT2D eigenvalue weighted by Gasteiger charge is 2.12. The predicted molar refractivity (Wildman–Crippen MR) is 97.2 cm³/mol. The third-order valence-electron chi connectivity index (χ3n) is 3.45. The Hall–Kier alpha value is -1.88. The lowest BCUT2D eigenvalue weighted by atomic mass is 10.2. The van der Waals surface area contributed by atoms with E-state index in [1.54, 1.807) is 12.1 Å². The largest absolute Gasteiger partial charge is 0.369 e. The van der Waals surface area contributed by atoms with E-state index in [-0.39, 0.29) is 0 Å². The van der Waals surface area contributed by atoms with Crippen molar-refractivity contribution in [2.24, 2.45) is 5.73 Å². The van der Waals surface area contributed by atoms with Gasteiger partial charge in [-0.15, -0.1) is 0 Å². The molecule has 0 bridgehead atoms. The second-order valence-electron chi connectivity index (χ2n) is 5.11. The Bertz CT molecular complexity index is 836. The Labute approximate surface area is 144 Å². The van der Waals surface area contributed by atoms with E-state index in [0.29, 0.717) is 22.4 Å². The van der Waals surface area contributed by atoms with Crippen molar-refractivity contribution >= 4 is 39.9 Å². The van der Waals surface area contributed by atoms with Crippen molar-refractivity contribution in [3.05, 3.63) is 52.5 Å². The number of fused-ring (bicyclic) bond motifs is 1. The summed E-state index contributed by atoms with van der Waals surface area (Å²) in [6, 6.07) is 13.2. The van der Waals surface area contributed by atoms with Gasteiger partial charge in [0.25, 0.3) is 0 Å². The summed E-state index contributed by atoms with van der Waals surface area (Å²) in [6.45, 7) is 1.39. The molecule has 118 valence electrons. The maximum atomic E-state index is 6.29. The van der Waals surface area contributed by atoms with Crippen LogP contribution in [0, 0.1) is 0 Å². The lowest BCUT2D eigenvalue weighted by Crippen LogP contribution is -2.10. The van der Waals surface area contributed by atoms with Gasteiger partial charge in [0.1, 0.15) is 5.82 Å². The first-order valence-corrected chi connectivity index (χ1v) is 8.11. The number of para-hydroxylation sites is 1. The SMILES string of the molecule is NCCCNc1nc(-c2ccc(Cl)cc2Cl)nc2ccccc12. The smallest absolute Gasteiger partial charge is 0.163 e. The van der Waals surface area contributed by atoms with Crippen molar-refractivity contribution in [3.8, 4) is 11.4 Å². The van der Waals surface area contributed by atoms with Gasteiger partial charge in [0.05, 0.1) is 10.5 Å². The van der Waals surface area contributed by atoms with E-state index in [1.807, 2.05) is 30.3 Å². The number of benzene rings is 2. The minimum atomic E-state index is 0.528. The zero-order valence-electron chi connectivity index (χ0n) is 12.4. The molecule has 2 aromatic carbocycles. The maximum Gasteiger partial charge on any atom is 0.163 e. The summed E-state index contributed by atoms with van der Waals surface area (Å²) >= 11 is 12.3. The molecule has 4 nitrogen and oxygen atoms in total. The number of nitrogens with two attached hydrogens (primary N) is 1. The van der Waals surface area contributed by atoms with Crippen molar-refractivity contribution in [2.75, 3.05) is 18.4 Å². The molecule has 0 aliphatic heterocycles. The molecule has 0 amide bonds. The third-order valence-corrected chi connectivity index (χ3v) is 4.00. The molecule has 6 heteroatoms. The first-order valence-electron chi connectivity index (χ1n) is 7.35. The molecule has 0 aliphatic rings. The van der Waals surface area contributed by atoms with E-state index in [4.69, 9.17) is 28.9 Å². The quantitative estimate of drug-likeness (QED) is 0.673. The summed E-state index contributed by atoms with van der Waals surface area (Å²) in [5.41, 5.74) is 7.17. The zero-order valence-corrected chi connectivity index (χ0v) is 13.9. The van der Waals surface area contributed by atoms with Crippen molar-refractivity contribution < 1.29 is 0 Å². The van der Waals surface area contributed by atoms with Gasteiger partial charge < -0.3 is 11.1 Å². The number of rotatable bonds is 5. The van der Waals surface area contributed by atoms with Crippen molar-refractivity contribution in [2.45, 2.75) is 6.42 Å². The third kappa shape index (κ3) is 3.55. The van der Waals surface area contributed by atoms with Crippen LogP contribution in [0.5, 0.6) is 0 Å². The molecule has 3 rings (SSSR count). The van der Waals surface area contributed by atoms with Gasteiger partial charge in [0.15, 0.2) is 5.82 Å². The average molecular weight is 347 g/mol. The Morgan fingerprint density at radius 3 is 2.65 bits per heavy atom. The summed E-state index contributed by atoms with van der Waals surface area (Å²) in [6.07, 6.45) is 0.870. The Balaban J connectivity index is 2.10. The van der Waals surface area contributed by atoms with Crippen LogP contribution in [0.2, 0.25) is 10.0 Å². The van der Waals surface area contributed by atoms with Gasteiger partial charge in [-0.25, -0.2) is 9.97 Å². The van der Waals surface area contributed by atoms with E-state index < -0.39 is 0 Å². The van der Waals surface area contributed by atoms with Crippen LogP contribution >= 0.6 is 23.2 Å². The molecule has 3 aromatic rings. The molecule has 0 saturated heterocycles. The second kappa shape index (κ2) is 7.13. The van der Waals surface area contributed by atoms with Crippen LogP contribution in [-0.4, -0.2) is 23.1 Å². The summed E-state index contributed by atoms with van der Waals surface area (Å²) in [7, 11) is 0. The van der Waals surface area contributed by atoms with E-state index in [0.717, 1.165) is 35.2 Å². The lowest BCUT2D eigenvalue weighted by molar-refractivity contribution is 0.871. The van der Waals surface area contributed by atoms with Crippen LogP contribution in [0.3, 0.4) is 0 Å². The molecule has 3 N–H and O–H groups in total. The van der Waals surface area contributed by atoms with Gasteiger partial charge in [-0.05, 0) is 43.3 Å². The first kappa shape index (κ1) is 16.0. The van der Waals surface area contributed by atoms with Crippen molar-refractivity contribution in [1.82, 2.24) is 9.97 Å². The molecule has 0 fully saturated rings. The maximum absolute atomic E-state index is 6.29. The molecule has 0 radical (unpaired) electrons. The molecule has 1 heterocycles. The van der Waals surface area contributed by atoms with E-state index in [2.05, 4.69) is 15.3 Å². The highest BCUT2D eigenvalue weighted by molar-refractivity contribution is 6.36. The Kier molecular flexibility index (Phi) is 4.96. The standard InChI is InChI=1S/C17H16Cl2N4/c18-11-6-7-12(14(19)10-11)17-22-15-5-2-1-4-13(15)16(23-17)21-9-3-8-20/h1-2,4-7,10H,3,8-9,20H2,(H,21,22,23). The van der Waals surface area contributed by atoms with Crippen LogP contribution in [0.15, 0.2) is 42.5 Å². The summed E-state index contributed by atoms with van der Waals surface area (Å²) < 4.78 is 0. The number of hydrogen-bond donors (Lipinski definition) is 2. The van der Waals surface area contributed by atoms with Gasteiger partial charge in [0.2, 0.25) is 0 Å². The summed E-state index contributed by atoms with van der Waals surface area (Å²) in [5.74, 6) is 1.35. The van der Waals surface area contributed by atoms with Crippen molar-refractivity contribution in [1.29, 1.82) is 0 Å². The minimum Gasteiger partial charge on any atom is -0.369 e. The fourth-order valence-electron chi connectivity index (χ4n) is 2.31. The number of anilines is 1. The highest BCUT2D eigenvalue weighted by atomic mass is 35.5. The fourth-order valence-corrected chi connectivity index (χ4v) is 2.80. The van der Waals surface area contributed by atoms with Gasteiger partial charge in [-0.1, -0.05) is 35.3 Å². The number of nitrogens with zero attached hydrogens (tertiary/aromatic N) is 2. The number of hydrogen-bond acceptors (Lipinski definition) is 4. The number of aromatic nitrogens is 2. The number of nitrogens with one attached hydrogen (secondary N) is 1. The van der Waals surface area contributed by atoms with E-state index in [1.165, 1.54) is 0 Å². The Morgan fingerprint density at radius 1 is 1.04 bits per heavy atom. The molecule has 0 unspecified atom stereocenters. The first-order chi connectivity index (χ1) is 11.2.